The number of likely N-dealkylation sites (N-methyl/N-ethyl adjacent to an activating group) is 1. The van der Waals surface area contributed by atoms with Gasteiger partial charge in [0.15, 0.2) is 0 Å². The molecule has 0 saturated carbocycles. The van der Waals surface area contributed by atoms with E-state index in [-0.39, 0.29) is 23.5 Å². The zero-order valence-corrected chi connectivity index (χ0v) is 16.1. The highest BCUT2D eigenvalue weighted by Crippen LogP contribution is 2.16. The summed E-state index contributed by atoms with van der Waals surface area (Å²) in [5.74, 6) is 0.473. The van der Waals surface area contributed by atoms with Crippen LogP contribution in [0.2, 0.25) is 0 Å². The van der Waals surface area contributed by atoms with Crippen molar-refractivity contribution in [2.45, 2.75) is 20.0 Å². The standard InChI is InChI=1S/C20H20N4O5/c1-3-29-16-7-4-14(5-8-16)11-22(2)19(25)12-23-13-21-18-9-6-15(24(27)28)10-17(18)20(23)26/h4-10,13H,3,11-12H2,1-2H3. The summed E-state index contributed by atoms with van der Waals surface area (Å²) in [4.78, 5) is 41.2. The normalized spacial score (nSPS) is 10.7. The van der Waals surface area contributed by atoms with E-state index in [1.807, 2.05) is 31.2 Å². The Labute approximate surface area is 166 Å². The maximum Gasteiger partial charge on any atom is 0.270 e. The Morgan fingerprint density at radius 3 is 2.62 bits per heavy atom. The number of non-ortho nitro benzene ring substituents is 1. The SMILES string of the molecule is CCOc1ccc(CN(C)C(=O)Cn2cnc3ccc([N+](=O)[O-])cc3c2=O)cc1. The molecule has 9 heteroatoms. The van der Waals surface area contributed by atoms with Gasteiger partial charge in [0.2, 0.25) is 5.91 Å². The zero-order valence-electron chi connectivity index (χ0n) is 16.1. The fraction of sp³-hybridized carbons (Fsp3) is 0.250. The second-order valence-corrected chi connectivity index (χ2v) is 6.46. The summed E-state index contributed by atoms with van der Waals surface area (Å²) >= 11 is 0. The molecule has 1 amide bonds. The fourth-order valence-corrected chi connectivity index (χ4v) is 2.86. The smallest absolute Gasteiger partial charge is 0.270 e. The third-order valence-corrected chi connectivity index (χ3v) is 4.40. The van der Waals surface area contributed by atoms with Gasteiger partial charge < -0.3 is 9.64 Å². The average Bonchev–Trinajstić information content (AvgIpc) is 2.71. The number of nitrogens with zero attached hydrogens (tertiary/aromatic N) is 4. The number of rotatable bonds is 7. The molecule has 0 aliphatic heterocycles. The lowest BCUT2D eigenvalue weighted by molar-refractivity contribution is -0.384. The molecule has 2 aromatic carbocycles. The lowest BCUT2D eigenvalue weighted by atomic mass is 10.2. The van der Waals surface area contributed by atoms with Crippen molar-refractivity contribution in [3.63, 3.8) is 0 Å². The van der Waals surface area contributed by atoms with E-state index in [4.69, 9.17) is 4.74 Å². The van der Waals surface area contributed by atoms with Crippen LogP contribution in [0.25, 0.3) is 10.9 Å². The van der Waals surface area contributed by atoms with Crippen molar-refractivity contribution in [1.82, 2.24) is 14.5 Å². The molecule has 0 radical (unpaired) electrons. The summed E-state index contributed by atoms with van der Waals surface area (Å²) in [7, 11) is 1.64. The van der Waals surface area contributed by atoms with Gasteiger partial charge in [-0.15, -0.1) is 0 Å². The minimum atomic E-state index is -0.577. The maximum atomic E-state index is 12.6. The van der Waals surface area contributed by atoms with Crippen LogP contribution in [0.5, 0.6) is 5.75 Å². The van der Waals surface area contributed by atoms with Gasteiger partial charge in [0.25, 0.3) is 11.2 Å². The van der Waals surface area contributed by atoms with E-state index in [0.29, 0.717) is 18.7 Å². The summed E-state index contributed by atoms with van der Waals surface area (Å²) in [6.07, 6.45) is 1.28. The predicted octanol–water partition coefficient (Wildman–Crippen LogP) is 2.36. The zero-order chi connectivity index (χ0) is 21.0. The molecular weight excluding hydrogens is 376 g/mol. The highest BCUT2D eigenvalue weighted by Gasteiger charge is 2.15. The second-order valence-electron chi connectivity index (χ2n) is 6.46. The van der Waals surface area contributed by atoms with Gasteiger partial charge >= 0.3 is 0 Å². The first-order valence-corrected chi connectivity index (χ1v) is 8.98. The molecule has 0 bridgehead atoms. The Kier molecular flexibility index (Phi) is 5.87. The van der Waals surface area contributed by atoms with Crippen LogP contribution in [0.4, 0.5) is 5.69 Å². The summed E-state index contributed by atoms with van der Waals surface area (Å²) < 4.78 is 6.55. The molecule has 0 atom stereocenters. The molecule has 150 valence electrons. The largest absolute Gasteiger partial charge is 0.494 e. The highest BCUT2D eigenvalue weighted by molar-refractivity contribution is 5.80. The highest BCUT2D eigenvalue weighted by atomic mass is 16.6. The van der Waals surface area contributed by atoms with E-state index in [2.05, 4.69) is 4.98 Å². The topological polar surface area (TPSA) is 108 Å². The van der Waals surface area contributed by atoms with Gasteiger partial charge in [-0.1, -0.05) is 12.1 Å². The molecule has 0 saturated heterocycles. The summed E-state index contributed by atoms with van der Waals surface area (Å²) in [5.41, 5.74) is 0.561. The van der Waals surface area contributed by atoms with Gasteiger partial charge in [-0.25, -0.2) is 4.98 Å². The van der Waals surface area contributed by atoms with Crippen molar-refractivity contribution in [1.29, 1.82) is 0 Å². The van der Waals surface area contributed by atoms with Gasteiger partial charge in [-0.2, -0.15) is 0 Å². The predicted molar refractivity (Wildman–Crippen MR) is 107 cm³/mol. The summed E-state index contributed by atoms with van der Waals surface area (Å²) in [5, 5.41) is 11.0. The first-order valence-electron chi connectivity index (χ1n) is 8.98. The third kappa shape index (κ3) is 4.57. The van der Waals surface area contributed by atoms with Crippen molar-refractivity contribution in [3.8, 4) is 5.75 Å². The molecule has 1 aromatic heterocycles. The van der Waals surface area contributed by atoms with Gasteiger partial charge in [0.05, 0.1) is 28.8 Å². The quantitative estimate of drug-likeness (QED) is 0.448. The minimum absolute atomic E-state index is 0.101. The number of fused-ring (bicyclic) bond motifs is 1. The molecule has 0 spiro atoms. The number of ether oxygens (including phenoxy) is 1. The molecule has 0 aliphatic carbocycles. The number of amides is 1. The Hall–Kier alpha value is -3.75. The Morgan fingerprint density at radius 1 is 1.24 bits per heavy atom. The third-order valence-electron chi connectivity index (χ3n) is 4.40. The van der Waals surface area contributed by atoms with E-state index in [1.54, 1.807) is 7.05 Å². The number of aromatic nitrogens is 2. The van der Waals surface area contributed by atoms with Gasteiger partial charge in [-0.3, -0.25) is 24.3 Å². The van der Waals surface area contributed by atoms with E-state index >= 15 is 0 Å². The second kappa shape index (κ2) is 8.51. The van der Waals surface area contributed by atoms with E-state index in [9.17, 15) is 19.7 Å². The lowest BCUT2D eigenvalue weighted by Crippen LogP contribution is -2.33. The summed E-state index contributed by atoms with van der Waals surface area (Å²) in [6, 6.07) is 11.3. The molecule has 0 aliphatic rings. The van der Waals surface area contributed by atoms with Crippen molar-refractivity contribution < 1.29 is 14.5 Å². The molecule has 1 heterocycles. The van der Waals surface area contributed by atoms with Crippen molar-refractivity contribution in [2.75, 3.05) is 13.7 Å². The minimum Gasteiger partial charge on any atom is -0.494 e. The van der Waals surface area contributed by atoms with E-state index < -0.39 is 10.5 Å². The van der Waals surface area contributed by atoms with Crippen LogP contribution in [-0.2, 0) is 17.9 Å². The molecule has 3 rings (SSSR count). The Bertz CT molecular complexity index is 1110. The molecule has 0 fully saturated rings. The van der Waals surface area contributed by atoms with E-state index in [0.717, 1.165) is 15.9 Å². The number of benzene rings is 2. The van der Waals surface area contributed by atoms with Crippen LogP contribution in [0.1, 0.15) is 12.5 Å². The van der Waals surface area contributed by atoms with Gasteiger partial charge in [-0.05, 0) is 30.7 Å². The van der Waals surface area contributed by atoms with Crippen LogP contribution in [-0.4, -0.2) is 38.9 Å². The van der Waals surface area contributed by atoms with Crippen LogP contribution < -0.4 is 10.3 Å². The van der Waals surface area contributed by atoms with Crippen molar-refractivity contribution >= 4 is 22.5 Å². The first kappa shape index (κ1) is 20.0. The van der Waals surface area contributed by atoms with Crippen molar-refractivity contribution in [2.24, 2.45) is 0 Å². The molecule has 0 N–H and O–H groups in total. The van der Waals surface area contributed by atoms with E-state index in [1.165, 1.54) is 29.4 Å². The average molecular weight is 396 g/mol. The van der Waals surface area contributed by atoms with Crippen molar-refractivity contribution in [3.05, 3.63) is 74.8 Å². The molecule has 29 heavy (non-hydrogen) atoms. The molecular formula is C20H20N4O5. The lowest BCUT2D eigenvalue weighted by Gasteiger charge is -2.18. The number of hydrogen-bond donors (Lipinski definition) is 0. The fourth-order valence-electron chi connectivity index (χ4n) is 2.86. The van der Waals surface area contributed by atoms with Crippen LogP contribution in [0.15, 0.2) is 53.6 Å². The summed E-state index contributed by atoms with van der Waals surface area (Å²) in [6.45, 7) is 2.64. The Morgan fingerprint density at radius 2 is 1.97 bits per heavy atom. The van der Waals surface area contributed by atoms with Crippen LogP contribution in [0, 0.1) is 10.1 Å². The van der Waals surface area contributed by atoms with Crippen LogP contribution >= 0.6 is 0 Å². The number of carbonyl (C=O) groups is 1. The monoisotopic (exact) mass is 396 g/mol. The number of carbonyl (C=O) groups excluding carboxylic acids is 1. The van der Waals surface area contributed by atoms with Crippen LogP contribution in [0.3, 0.4) is 0 Å². The Balaban J connectivity index is 1.75. The molecule has 0 unspecified atom stereocenters. The molecule has 9 nitrogen and oxygen atoms in total. The number of nitro groups is 1. The van der Waals surface area contributed by atoms with Gasteiger partial charge in [0, 0.05) is 25.7 Å². The molecule has 3 aromatic rings. The maximum absolute atomic E-state index is 12.6. The first-order chi connectivity index (χ1) is 13.9. The van der Waals surface area contributed by atoms with Gasteiger partial charge in [0.1, 0.15) is 12.3 Å². The number of hydrogen-bond acceptors (Lipinski definition) is 6. The number of nitro benzene ring substituents is 1.